The summed E-state index contributed by atoms with van der Waals surface area (Å²) >= 11 is 0. The quantitative estimate of drug-likeness (QED) is 0.0539. The van der Waals surface area contributed by atoms with Crippen LogP contribution in [-0.2, 0) is 18.6 Å². The summed E-state index contributed by atoms with van der Waals surface area (Å²) in [7, 11) is 4.32. The van der Waals surface area contributed by atoms with Crippen molar-refractivity contribution in [3.63, 3.8) is 0 Å². The third-order valence-corrected chi connectivity index (χ3v) is 7.70. The number of hydrogen-bond donors (Lipinski definition) is 1. The Balaban J connectivity index is 3.76. The summed E-state index contributed by atoms with van der Waals surface area (Å²) in [6.07, 6.45) is 23.6. The number of likely N-dealkylation sites (N-methyl/N-ethyl adjacent to an activating group) is 1. The number of rotatable bonds is 30. The van der Waals surface area contributed by atoms with Crippen molar-refractivity contribution in [2.75, 3.05) is 54.1 Å². The predicted molar refractivity (Wildman–Crippen MR) is 162 cm³/mol. The van der Waals surface area contributed by atoms with E-state index in [1.54, 1.807) is 0 Å². The number of carbonyl (C=O) groups excluding carboxylic acids is 1. The molecular formula is C31H65NO5P+. The van der Waals surface area contributed by atoms with E-state index in [-0.39, 0.29) is 11.7 Å². The number of ketones is 1. The van der Waals surface area contributed by atoms with E-state index in [0.717, 1.165) is 30.5 Å². The Morgan fingerprint density at radius 2 is 1.18 bits per heavy atom. The maximum absolute atomic E-state index is 12.2. The Labute approximate surface area is 238 Å². The molecule has 228 valence electrons. The molecule has 0 amide bonds. The summed E-state index contributed by atoms with van der Waals surface area (Å²) < 4.78 is 17.6. The smallest absolute Gasteiger partial charge is 0.330 e. The molecule has 0 saturated carbocycles. The van der Waals surface area contributed by atoms with Gasteiger partial charge in [0, 0.05) is 25.4 Å². The molecule has 0 radical (unpaired) electrons. The van der Waals surface area contributed by atoms with Gasteiger partial charge in [-0.2, -0.15) is 0 Å². The van der Waals surface area contributed by atoms with Gasteiger partial charge in [-0.25, -0.2) is 0 Å². The van der Waals surface area contributed by atoms with Crippen LogP contribution in [0.4, 0.5) is 0 Å². The fraction of sp³-hybridized carbons (Fsp3) is 0.968. The van der Waals surface area contributed by atoms with Gasteiger partial charge in [0.05, 0.1) is 34.4 Å². The first-order valence-corrected chi connectivity index (χ1v) is 17.1. The Morgan fingerprint density at radius 1 is 0.684 bits per heavy atom. The van der Waals surface area contributed by atoms with E-state index >= 15 is 0 Å². The largest absolute Gasteiger partial charge is 0.381 e. The standard InChI is InChI=1S/C31H65NO5P/c1-6-8-9-10-11-12-13-14-15-16-17-18-19-20-21-22-25-35-28-30(27-31(33)23-7-2)29-37-38(34)36-26-24-32(3,4)5/h30,34H,6-29H2,1-5H3/q+1. The van der Waals surface area contributed by atoms with E-state index < -0.39 is 8.60 Å². The summed E-state index contributed by atoms with van der Waals surface area (Å²) in [6.45, 7) is 7.06. The molecule has 0 saturated heterocycles. The fourth-order valence-corrected chi connectivity index (χ4v) is 5.12. The average molecular weight is 563 g/mol. The van der Waals surface area contributed by atoms with Crippen LogP contribution >= 0.6 is 8.60 Å². The molecule has 2 unspecified atom stereocenters. The molecule has 0 aliphatic heterocycles. The molecule has 0 aliphatic rings. The number of hydrogen-bond acceptors (Lipinski definition) is 5. The fourth-order valence-electron chi connectivity index (χ4n) is 4.47. The lowest BCUT2D eigenvalue weighted by molar-refractivity contribution is -0.870. The zero-order chi connectivity index (χ0) is 28.3. The van der Waals surface area contributed by atoms with Crippen LogP contribution in [-0.4, -0.2) is 69.3 Å². The van der Waals surface area contributed by atoms with Crippen molar-refractivity contribution < 1.29 is 28.0 Å². The van der Waals surface area contributed by atoms with Gasteiger partial charge in [0.25, 0.3) is 0 Å². The van der Waals surface area contributed by atoms with Crippen LogP contribution in [0.3, 0.4) is 0 Å². The molecule has 7 heteroatoms. The topological polar surface area (TPSA) is 65.0 Å². The van der Waals surface area contributed by atoms with Crippen LogP contribution in [0, 0.1) is 5.92 Å². The first kappa shape index (κ1) is 37.9. The first-order chi connectivity index (χ1) is 18.3. The molecule has 6 nitrogen and oxygen atoms in total. The van der Waals surface area contributed by atoms with E-state index in [9.17, 15) is 9.69 Å². The normalized spacial score (nSPS) is 13.6. The Morgan fingerprint density at radius 3 is 1.66 bits per heavy atom. The van der Waals surface area contributed by atoms with Gasteiger partial charge in [0.15, 0.2) is 0 Å². The van der Waals surface area contributed by atoms with Crippen LogP contribution in [0.5, 0.6) is 0 Å². The van der Waals surface area contributed by atoms with Crippen LogP contribution < -0.4 is 0 Å². The van der Waals surface area contributed by atoms with Gasteiger partial charge in [-0.1, -0.05) is 110 Å². The highest BCUT2D eigenvalue weighted by Gasteiger charge is 2.18. The molecule has 2 atom stereocenters. The molecule has 0 fully saturated rings. The van der Waals surface area contributed by atoms with Crippen molar-refractivity contribution in [2.45, 2.75) is 136 Å². The van der Waals surface area contributed by atoms with Gasteiger partial charge in [-0.15, -0.1) is 0 Å². The van der Waals surface area contributed by atoms with Crippen LogP contribution in [0.25, 0.3) is 0 Å². The van der Waals surface area contributed by atoms with Gasteiger partial charge in [0.1, 0.15) is 18.9 Å². The Bertz CT molecular complexity index is 515. The van der Waals surface area contributed by atoms with Crippen molar-refractivity contribution in [1.82, 2.24) is 0 Å². The van der Waals surface area contributed by atoms with Gasteiger partial charge in [-0.3, -0.25) is 4.79 Å². The number of Topliss-reactive ketones (excluding diaryl/α,β-unsaturated/α-hetero) is 1. The van der Waals surface area contributed by atoms with Crippen molar-refractivity contribution in [3.05, 3.63) is 0 Å². The van der Waals surface area contributed by atoms with E-state index in [1.165, 1.54) is 96.3 Å². The molecule has 0 aromatic heterocycles. The maximum atomic E-state index is 12.2. The van der Waals surface area contributed by atoms with E-state index in [0.29, 0.717) is 32.7 Å². The molecule has 0 bridgehead atoms. The second kappa shape index (κ2) is 27.1. The van der Waals surface area contributed by atoms with Crippen LogP contribution in [0.1, 0.15) is 136 Å². The zero-order valence-corrected chi connectivity index (χ0v) is 26.9. The SMILES string of the molecule is CCCCCCCCCCCCCCCCCCOCC(COP(O)OCC[N+](C)(C)C)CC(=O)CCC. The summed E-state index contributed by atoms with van der Waals surface area (Å²) in [5.74, 6) is 0.203. The van der Waals surface area contributed by atoms with Gasteiger partial charge >= 0.3 is 8.60 Å². The lowest BCUT2D eigenvalue weighted by Crippen LogP contribution is -2.37. The Hall–Kier alpha value is -0.100. The second-order valence-electron chi connectivity index (χ2n) is 12.1. The molecular weight excluding hydrogens is 497 g/mol. The van der Waals surface area contributed by atoms with Crippen LogP contribution in [0.15, 0.2) is 0 Å². The third-order valence-electron chi connectivity index (χ3n) is 6.93. The summed E-state index contributed by atoms with van der Waals surface area (Å²) in [4.78, 5) is 22.2. The molecule has 0 spiro atoms. The minimum Gasteiger partial charge on any atom is -0.381 e. The Kier molecular flexibility index (Phi) is 27.0. The molecule has 1 N–H and O–H groups in total. The monoisotopic (exact) mass is 562 g/mol. The van der Waals surface area contributed by atoms with Crippen molar-refractivity contribution in [1.29, 1.82) is 0 Å². The summed E-state index contributed by atoms with van der Waals surface area (Å²) in [5.41, 5.74) is 0. The minimum atomic E-state index is -1.92. The van der Waals surface area contributed by atoms with E-state index in [4.69, 9.17) is 13.8 Å². The first-order valence-electron chi connectivity index (χ1n) is 15.9. The molecule has 0 aliphatic carbocycles. The average Bonchev–Trinajstić information content (AvgIpc) is 2.85. The van der Waals surface area contributed by atoms with E-state index in [1.807, 2.05) is 6.92 Å². The second-order valence-corrected chi connectivity index (χ2v) is 13.1. The highest BCUT2D eigenvalue weighted by atomic mass is 31.2. The molecule has 0 aromatic carbocycles. The number of quaternary nitrogens is 1. The molecule has 0 rings (SSSR count). The predicted octanol–water partition coefficient (Wildman–Crippen LogP) is 8.60. The number of unbranched alkanes of at least 4 members (excludes halogenated alkanes) is 15. The summed E-state index contributed by atoms with van der Waals surface area (Å²) in [6, 6.07) is 0. The molecule has 0 heterocycles. The molecule has 0 aromatic rings. The third kappa shape index (κ3) is 28.9. The maximum Gasteiger partial charge on any atom is 0.330 e. The van der Waals surface area contributed by atoms with Crippen LogP contribution in [0.2, 0.25) is 0 Å². The van der Waals surface area contributed by atoms with Crippen molar-refractivity contribution in [2.24, 2.45) is 5.92 Å². The highest BCUT2D eigenvalue weighted by molar-refractivity contribution is 7.40. The highest BCUT2D eigenvalue weighted by Crippen LogP contribution is 2.33. The zero-order valence-electron chi connectivity index (χ0n) is 26.0. The van der Waals surface area contributed by atoms with Gasteiger partial charge in [-0.05, 0) is 12.8 Å². The lowest BCUT2D eigenvalue weighted by atomic mass is 10.0. The van der Waals surface area contributed by atoms with Crippen molar-refractivity contribution in [3.8, 4) is 0 Å². The van der Waals surface area contributed by atoms with E-state index in [2.05, 4.69) is 28.1 Å². The number of carbonyl (C=O) groups is 1. The van der Waals surface area contributed by atoms with Gasteiger partial charge in [0.2, 0.25) is 0 Å². The van der Waals surface area contributed by atoms with Gasteiger partial charge < -0.3 is 23.2 Å². The van der Waals surface area contributed by atoms with Crippen molar-refractivity contribution >= 4 is 14.4 Å². The summed E-state index contributed by atoms with van der Waals surface area (Å²) in [5, 5.41) is 0. The molecule has 38 heavy (non-hydrogen) atoms. The lowest BCUT2D eigenvalue weighted by Gasteiger charge is -2.24. The number of ether oxygens (including phenoxy) is 1. The number of nitrogens with zero attached hydrogens (tertiary/aromatic N) is 1. The minimum absolute atomic E-state index is 0.0331.